The Morgan fingerprint density at radius 2 is 1.80 bits per heavy atom. The first kappa shape index (κ1) is 18.8. The van der Waals surface area contributed by atoms with Gasteiger partial charge in [0.1, 0.15) is 0 Å². The van der Waals surface area contributed by atoms with Crippen LogP contribution in [0.1, 0.15) is 39.5 Å². The molecule has 0 aliphatic carbocycles. The summed E-state index contributed by atoms with van der Waals surface area (Å²) in [6.07, 6.45) is 4.69. The van der Waals surface area contributed by atoms with Crippen molar-refractivity contribution in [2.75, 3.05) is 6.61 Å². The Bertz CT molecular complexity index is 389. The van der Waals surface area contributed by atoms with Gasteiger partial charge in [0, 0.05) is 12.0 Å². The molecule has 0 aliphatic heterocycles. The number of carbonyl (C=O) groups excluding carboxylic acids is 2. The van der Waals surface area contributed by atoms with Crippen LogP contribution in [0.3, 0.4) is 0 Å². The van der Waals surface area contributed by atoms with E-state index in [0.29, 0.717) is 25.0 Å². The molecule has 0 spiro atoms. The number of carbonyl (C=O) groups is 2. The Morgan fingerprint density at radius 3 is 2.25 bits per heavy atom. The molecule has 4 heteroatoms. The van der Waals surface area contributed by atoms with Crippen LogP contribution in [0.25, 0.3) is 0 Å². The van der Waals surface area contributed by atoms with Crippen LogP contribution < -0.4 is 0 Å². The van der Waals surface area contributed by atoms with E-state index in [1.54, 1.807) is 13.0 Å². The van der Waals surface area contributed by atoms with E-state index in [0.717, 1.165) is 18.0 Å². The third-order valence-corrected chi connectivity index (χ3v) is 5.29. The molecule has 0 aromatic rings. The molecule has 0 aromatic carbocycles. The van der Waals surface area contributed by atoms with Crippen LogP contribution in [0.15, 0.2) is 23.4 Å². The van der Waals surface area contributed by atoms with Gasteiger partial charge in [-0.25, -0.2) is 4.79 Å². The van der Waals surface area contributed by atoms with Crippen LogP contribution in [0.4, 0.5) is 0 Å². The van der Waals surface area contributed by atoms with Gasteiger partial charge in [-0.3, -0.25) is 4.79 Å². The van der Waals surface area contributed by atoms with Gasteiger partial charge in [-0.2, -0.15) is 0 Å². The van der Waals surface area contributed by atoms with E-state index in [9.17, 15) is 9.59 Å². The van der Waals surface area contributed by atoms with Gasteiger partial charge in [-0.05, 0) is 25.8 Å². The molecule has 0 unspecified atom stereocenters. The lowest BCUT2D eigenvalue weighted by Crippen LogP contribution is -2.26. The normalized spacial score (nSPS) is 12.2. The number of hydrogen-bond donors (Lipinski definition) is 0. The van der Waals surface area contributed by atoms with E-state index in [1.165, 1.54) is 0 Å². The minimum Gasteiger partial charge on any atom is -0.463 e. The van der Waals surface area contributed by atoms with Crippen molar-refractivity contribution in [3.63, 3.8) is 0 Å². The molecule has 0 saturated carbocycles. The van der Waals surface area contributed by atoms with Crippen molar-refractivity contribution >= 4 is 19.8 Å². The van der Waals surface area contributed by atoms with Crippen LogP contribution in [0, 0.1) is 0 Å². The first-order valence-electron chi connectivity index (χ1n) is 7.31. The fourth-order valence-electron chi connectivity index (χ4n) is 1.69. The SMILES string of the molecule is C=C(C/C(=C/C(=O)CCCC)[Si](C)(C)C)C(=O)OCC. The molecule has 0 heterocycles. The first-order valence-corrected chi connectivity index (χ1v) is 10.8. The molecular formula is C16H28O3Si. The van der Waals surface area contributed by atoms with Crippen LogP contribution in [0.5, 0.6) is 0 Å². The number of ether oxygens (including phenoxy) is 1. The summed E-state index contributed by atoms with van der Waals surface area (Å²) in [7, 11) is -1.65. The summed E-state index contributed by atoms with van der Waals surface area (Å²) >= 11 is 0. The summed E-state index contributed by atoms with van der Waals surface area (Å²) < 4.78 is 4.95. The predicted octanol–water partition coefficient (Wildman–Crippen LogP) is 4.06. The molecule has 0 saturated heterocycles. The molecule has 114 valence electrons. The maximum Gasteiger partial charge on any atom is 0.333 e. The zero-order valence-electron chi connectivity index (χ0n) is 13.5. The Morgan fingerprint density at radius 1 is 1.20 bits per heavy atom. The van der Waals surface area contributed by atoms with Crippen LogP contribution in [-0.2, 0) is 14.3 Å². The highest BCUT2D eigenvalue weighted by atomic mass is 28.3. The van der Waals surface area contributed by atoms with Gasteiger partial charge in [-0.15, -0.1) is 0 Å². The van der Waals surface area contributed by atoms with Crippen molar-refractivity contribution in [1.82, 2.24) is 0 Å². The highest BCUT2D eigenvalue weighted by Crippen LogP contribution is 2.22. The predicted molar refractivity (Wildman–Crippen MR) is 86.4 cm³/mol. The maximum absolute atomic E-state index is 11.9. The number of allylic oxidation sites excluding steroid dienone is 2. The second-order valence-electron chi connectivity index (χ2n) is 5.99. The second kappa shape index (κ2) is 8.90. The van der Waals surface area contributed by atoms with Crippen LogP contribution in [-0.4, -0.2) is 26.4 Å². The third kappa shape index (κ3) is 7.43. The quantitative estimate of drug-likeness (QED) is 0.366. The topological polar surface area (TPSA) is 43.4 Å². The van der Waals surface area contributed by atoms with E-state index in [1.807, 2.05) is 0 Å². The molecule has 0 atom stereocenters. The number of esters is 1. The minimum absolute atomic E-state index is 0.154. The zero-order chi connectivity index (χ0) is 15.8. The third-order valence-electron chi connectivity index (χ3n) is 3.04. The lowest BCUT2D eigenvalue weighted by atomic mass is 10.1. The van der Waals surface area contributed by atoms with Gasteiger partial charge in [0.05, 0.1) is 14.7 Å². The lowest BCUT2D eigenvalue weighted by molar-refractivity contribution is -0.138. The van der Waals surface area contributed by atoms with E-state index in [-0.39, 0.29) is 11.8 Å². The van der Waals surface area contributed by atoms with E-state index < -0.39 is 8.07 Å². The molecule has 0 aliphatic rings. The maximum atomic E-state index is 11.9. The van der Waals surface area contributed by atoms with E-state index in [4.69, 9.17) is 4.74 Å². The molecule has 0 amide bonds. The number of ketones is 1. The van der Waals surface area contributed by atoms with Crippen molar-refractivity contribution in [2.45, 2.75) is 59.2 Å². The molecule has 3 nitrogen and oxygen atoms in total. The Hall–Kier alpha value is -1.16. The fourth-order valence-corrected chi connectivity index (χ4v) is 3.02. The summed E-state index contributed by atoms with van der Waals surface area (Å²) in [5.74, 6) is -0.210. The van der Waals surface area contributed by atoms with E-state index >= 15 is 0 Å². The number of hydrogen-bond acceptors (Lipinski definition) is 3. The van der Waals surface area contributed by atoms with Gasteiger partial charge >= 0.3 is 5.97 Å². The van der Waals surface area contributed by atoms with E-state index in [2.05, 4.69) is 33.1 Å². The molecule has 20 heavy (non-hydrogen) atoms. The Labute approximate surface area is 124 Å². The standard InChI is InChI=1S/C16H28O3Si/c1-7-9-10-14(17)12-15(20(4,5)6)11-13(3)16(18)19-8-2/h12H,3,7-11H2,1-2,4-6H3/b15-12-. The van der Waals surface area contributed by atoms with Crippen molar-refractivity contribution in [3.05, 3.63) is 23.4 Å². The van der Waals surface area contributed by atoms with Crippen molar-refractivity contribution in [1.29, 1.82) is 0 Å². The molecule has 0 radical (unpaired) electrons. The van der Waals surface area contributed by atoms with Crippen LogP contribution in [0.2, 0.25) is 19.6 Å². The molecule has 0 N–H and O–H groups in total. The summed E-state index contributed by atoms with van der Waals surface area (Å²) in [5, 5.41) is 1.07. The highest BCUT2D eigenvalue weighted by Gasteiger charge is 2.23. The number of rotatable bonds is 9. The molecular weight excluding hydrogens is 268 g/mol. The summed E-state index contributed by atoms with van der Waals surface area (Å²) in [6, 6.07) is 0. The average Bonchev–Trinajstić information content (AvgIpc) is 2.34. The van der Waals surface area contributed by atoms with Gasteiger partial charge in [-0.1, -0.05) is 44.8 Å². The van der Waals surface area contributed by atoms with Crippen molar-refractivity contribution < 1.29 is 14.3 Å². The highest BCUT2D eigenvalue weighted by molar-refractivity contribution is 6.83. The van der Waals surface area contributed by atoms with Gasteiger partial charge in [0.15, 0.2) is 5.78 Å². The smallest absolute Gasteiger partial charge is 0.333 e. The molecule has 0 rings (SSSR count). The largest absolute Gasteiger partial charge is 0.463 e. The van der Waals surface area contributed by atoms with Gasteiger partial charge < -0.3 is 4.74 Å². The summed E-state index contributed by atoms with van der Waals surface area (Å²) in [4.78, 5) is 23.6. The average molecular weight is 296 g/mol. The lowest BCUT2D eigenvalue weighted by Gasteiger charge is -2.21. The zero-order valence-corrected chi connectivity index (χ0v) is 14.5. The van der Waals surface area contributed by atoms with Crippen molar-refractivity contribution in [2.24, 2.45) is 0 Å². The second-order valence-corrected chi connectivity index (χ2v) is 11.1. The van der Waals surface area contributed by atoms with Gasteiger partial charge in [0.25, 0.3) is 0 Å². The van der Waals surface area contributed by atoms with Crippen LogP contribution >= 0.6 is 0 Å². The van der Waals surface area contributed by atoms with Crippen molar-refractivity contribution in [3.8, 4) is 0 Å². The monoisotopic (exact) mass is 296 g/mol. The minimum atomic E-state index is -1.65. The summed E-state index contributed by atoms with van der Waals surface area (Å²) in [6.45, 7) is 14.5. The van der Waals surface area contributed by atoms with Gasteiger partial charge in [0.2, 0.25) is 0 Å². The molecule has 0 bridgehead atoms. The first-order chi connectivity index (χ1) is 9.22. The molecule has 0 fully saturated rings. The number of unbranched alkanes of at least 4 members (excludes halogenated alkanes) is 1. The Kier molecular flexibility index (Phi) is 8.38. The fraction of sp³-hybridized carbons (Fsp3) is 0.625. The summed E-state index contributed by atoms with van der Waals surface area (Å²) in [5.41, 5.74) is 0.434. The molecule has 0 aromatic heterocycles. The Balaban J connectivity index is 4.92.